The van der Waals surface area contributed by atoms with E-state index in [1.54, 1.807) is 35.5 Å². The van der Waals surface area contributed by atoms with Gasteiger partial charge in [-0.05, 0) is 93.6 Å². The quantitative estimate of drug-likeness (QED) is 0.191. The minimum atomic E-state index is -3.80. The molecule has 1 saturated carbocycles. The van der Waals surface area contributed by atoms with Gasteiger partial charge < -0.3 is 19.5 Å². The Morgan fingerprint density at radius 1 is 0.885 bits per heavy atom. The summed E-state index contributed by atoms with van der Waals surface area (Å²) in [6.45, 7) is 4.08. The highest BCUT2D eigenvalue weighted by molar-refractivity contribution is 7.89. The van der Waals surface area contributed by atoms with Crippen molar-refractivity contribution in [3.63, 3.8) is 0 Å². The van der Waals surface area contributed by atoms with Gasteiger partial charge in [-0.1, -0.05) is 43.0 Å². The van der Waals surface area contributed by atoms with Crippen LogP contribution < -0.4 is 24.4 Å². The van der Waals surface area contributed by atoms with Crippen molar-refractivity contribution in [2.24, 2.45) is 0 Å². The first-order valence-corrected chi connectivity index (χ1v) is 19.4. The molecule has 3 aromatic carbocycles. The van der Waals surface area contributed by atoms with Crippen molar-refractivity contribution < 1.29 is 32.2 Å². The number of sulfonamides is 1. The van der Waals surface area contributed by atoms with Gasteiger partial charge in [-0.25, -0.2) is 13.1 Å². The summed E-state index contributed by atoms with van der Waals surface area (Å²) in [5.74, 6) is 0.0961. The lowest BCUT2D eigenvalue weighted by Gasteiger charge is -2.35. The predicted molar refractivity (Wildman–Crippen MR) is 197 cm³/mol. The van der Waals surface area contributed by atoms with E-state index < -0.39 is 33.9 Å². The first-order valence-electron chi connectivity index (χ1n) is 17.9. The van der Waals surface area contributed by atoms with Gasteiger partial charge in [-0.2, -0.15) is 4.31 Å². The molecule has 0 unspecified atom stereocenters. The number of carbonyl (C=O) groups excluding carboxylic acids is 2. The Hall–Kier alpha value is -4.69. The van der Waals surface area contributed by atoms with E-state index in [9.17, 15) is 13.2 Å². The summed E-state index contributed by atoms with van der Waals surface area (Å²) in [7, 11) is 0.666. The number of anilines is 1. The molecule has 4 aromatic rings. The van der Waals surface area contributed by atoms with Crippen molar-refractivity contribution >= 4 is 38.6 Å². The van der Waals surface area contributed by atoms with Gasteiger partial charge in [-0.15, -0.1) is 5.10 Å². The Bertz CT molecular complexity index is 1970. The van der Waals surface area contributed by atoms with E-state index >= 15 is 4.79 Å². The molecule has 52 heavy (non-hydrogen) atoms. The third kappa shape index (κ3) is 7.31. The Balaban J connectivity index is 1.50. The molecule has 0 bridgehead atoms. The van der Waals surface area contributed by atoms with Crippen LogP contribution in [0, 0.1) is 0 Å². The smallest absolute Gasteiger partial charge is 0.252 e. The number of benzene rings is 3. The summed E-state index contributed by atoms with van der Waals surface area (Å²) < 4.78 is 47.7. The number of amides is 2. The van der Waals surface area contributed by atoms with Crippen molar-refractivity contribution in [3.8, 4) is 17.2 Å². The molecule has 2 aliphatic rings. The molecule has 3 atom stereocenters. The summed E-state index contributed by atoms with van der Waals surface area (Å²) in [4.78, 5) is 31.3. The van der Waals surface area contributed by atoms with Gasteiger partial charge in [0.05, 0.1) is 31.7 Å². The van der Waals surface area contributed by atoms with Crippen LogP contribution in [-0.4, -0.2) is 79.5 Å². The van der Waals surface area contributed by atoms with E-state index in [0.29, 0.717) is 46.1 Å². The van der Waals surface area contributed by atoms with Crippen LogP contribution in [0.5, 0.6) is 17.2 Å². The average Bonchev–Trinajstić information content (AvgIpc) is 3.60. The second-order valence-corrected chi connectivity index (χ2v) is 15.5. The fourth-order valence-corrected chi connectivity index (χ4v) is 9.13. The van der Waals surface area contributed by atoms with Crippen LogP contribution in [0.1, 0.15) is 82.9 Å². The number of hydrogen-bond acceptors (Lipinski definition) is 9. The highest BCUT2D eigenvalue weighted by Crippen LogP contribution is 2.42. The van der Waals surface area contributed by atoms with Crippen LogP contribution in [0.2, 0.25) is 0 Å². The Morgan fingerprint density at radius 2 is 1.54 bits per heavy atom. The van der Waals surface area contributed by atoms with Gasteiger partial charge in [0.15, 0.2) is 11.5 Å². The van der Waals surface area contributed by atoms with Crippen LogP contribution in [0.3, 0.4) is 0 Å². The molecule has 0 radical (unpaired) electrons. The van der Waals surface area contributed by atoms with E-state index in [-0.39, 0.29) is 17.0 Å². The minimum absolute atomic E-state index is 0.0709. The molecule has 2 amide bonds. The molecule has 2 fully saturated rings. The summed E-state index contributed by atoms with van der Waals surface area (Å²) in [6.07, 6.45) is 7.30. The van der Waals surface area contributed by atoms with Crippen LogP contribution in [0.4, 0.5) is 5.69 Å². The van der Waals surface area contributed by atoms with E-state index in [2.05, 4.69) is 15.6 Å². The molecule has 1 aliphatic carbocycles. The number of nitrogens with one attached hydrogen (secondary N) is 1. The highest BCUT2D eigenvalue weighted by atomic mass is 32.2. The zero-order chi connectivity index (χ0) is 37.0. The molecule has 13 nitrogen and oxygen atoms in total. The molecule has 1 saturated heterocycles. The topological polar surface area (TPSA) is 145 Å². The van der Waals surface area contributed by atoms with Crippen molar-refractivity contribution in [2.45, 2.75) is 94.3 Å². The lowest BCUT2D eigenvalue weighted by molar-refractivity contribution is -0.128. The molecule has 14 heteroatoms. The van der Waals surface area contributed by atoms with E-state index in [4.69, 9.17) is 14.2 Å². The van der Waals surface area contributed by atoms with Gasteiger partial charge in [0.1, 0.15) is 17.6 Å². The largest absolute Gasteiger partial charge is 0.493 e. The first-order chi connectivity index (χ1) is 25.1. The number of hydrogen-bond donors (Lipinski definition) is 1. The molecule has 1 N–H and O–H groups in total. The Morgan fingerprint density at radius 3 is 2.17 bits per heavy atom. The summed E-state index contributed by atoms with van der Waals surface area (Å²) >= 11 is 0. The van der Waals surface area contributed by atoms with Crippen molar-refractivity contribution in [2.75, 3.05) is 32.8 Å². The first kappa shape index (κ1) is 37.1. The third-order valence-electron chi connectivity index (χ3n) is 10.3. The lowest BCUT2D eigenvalue weighted by Crippen LogP contribution is -2.49. The van der Waals surface area contributed by atoms with E-state index in [1.807, 2.05) is 31.2 Å². The summed E-state index contributed by atoms with van der Waals surface area (Å²) in [6, 6.07) is 14.5. The maximum Gasteiger partial charge on any atom is 0.252 e. The van der Waals surface area contributed by atoms with Crippen LogP contribution >= 0.6 is 0 Å². The van der Waals surface area contributed by atoms with Crippen LogP contribution in [-0.2, 0) is 19.6 Å². The molecule has 1 aromatic heterocycles. The van der Waals surface area contributed by atoms with Gasteiger partial charge in [0, 0.05) is 24.3 Å². The number of aromatic nitrogens is 3. The molecule has 6 rings (SSSR count). The fourth-order valence-electron chi connectivity index (χ4n) is 7.43. The maximum atomic E-state index is 15.0. The lowest BCUT2D eigenvalue weighted by atomic mass is 9.94. The van der Waals surface area contributed by atoms with Crippen LogP contribution in [0.25, 0.3) is 11.0 Å². The molecule has 0 spiro atoms. The number of rotatable bonds is 12. The van der Waals surface area contributed by atoms with Crippen LogP contribution in [0.15, 0.2) is 65.6 Å². The number of fused-ring (bicyclic) bond motifs is 1. The van der Waals surface area contributed by atoms with Crippen molar-refractivity contribution in [3.05, 3.63) is 66.2 Å². The van der Waals surface area contributed by atoms with Gasteiger partial charge >= 0.3 is 0 Å². The normalized spacial score (nSPS) is 18.4. The summed E-state index contributed by atoms with van der Waals surface area (Å²) in [5.41, 5.74) is 2.00. The number of nitrogens with zero attached hydrogens (tertiary/aromatic N) is 5. The Labute approximate surface area is 305 Å². The van der Waals surface area contributed by atoms with Crippen molar-refractivity contribution in [1.82, 2.24) is 24.6 Å². The molecule has 2 heterocycles. The number of para-hydroxylation sites is 1. The number of ether oxygens (including phenoxy) is 3. The summed E-state index contributed by atoms with van der Waals surface area (Å²) in [5, 5.41) is 11.8. The second kappa shape index (κ2) is 15.9. The average molecular weight is 733 g/mol. The predicted octanol–water partition coefficient (Wildman–Crippen LogP) is 5.80. The van der Waals surface area contributed by atoms with Gasteiger partial charge in [0.2, 0.25) is 21.7 Å². The SMILES string of the molecule is COc1cc([C@H](C(=O)NC2CCCCC2)N(C(=O)[C@H](C)n2nnc3ccccc32)c2ccc(S(=O)(=O)N3CCCC[C@H]3C)cc2)cc(OC)c1OC. The Kier molecular flexibility index (Phi) is 11.3. The minimum Gasteiger partial charge on any atom is -0.493 e. The number of piperidine rings is 1. The second-order valence-electron chi connectivity index (χ2n) is 13.6. The zero-order valence-corrected chi connectivity index (χ0v) is 31.3. The number of carbonyl (C=O) groups is 2. The molecule has 1 aliphatic heterocycles. The number of methoxy groups -OCH3 is 3. The van der Waals surface area contributed by atoms with Crippen molar-refractivity contribution in [1.29, 1.82) is 0 Å². The highest BCUT2D eigenvalue weighted by Gasteiger charge is 2.39. The fraction of sp³-hybridized carbons (Fsp3) is 0.474. The molecular weight excluding hydrogens is 685 g/mol. The maximum absolute atomic E-state index is 15.0. The molecule has 278 valence electrons. The zero-order valence-electron chi connectivity index (χ0n) is 30.4. The monoisotopic (exact) mass is 732 g/mol. The van der Waals surface area contributed by atoms with Gasteiger partial charge in [0.25, 0.3) is 5.91 Å². The third-order valence-corrected chi connectivity index (χ3v) is 12.3. The van der Waals surface area contributed by atoms with E-state index in [0.717, 1.165) is 51.4 Å². The van der Waals surface area contributed by atoms with E-state index in [1.165, 1.54) is 43.0 Å². The standard InChI is InChI=1S/C38H48N6O7S/c1-25-13-11-12-22-42(25)52(47,48)30-20-18-29(19-21-30)43(38(46)26(2)44-32-17-10-9-16-31(32)40-41-44)35(37(45)39-28-14-7-6-8-15-28)27-23-33(49-3)36(51-5)34(24-27)50-4/h9-10,16-21,23-26,28,35H,6-8,11-15,22H2,1-5H3,(H,39,45)/t25-,26+,35-/m1/s1. The molecular formula is C38H48N6O7S. The van der Waals surface area contributed by atoms with Gasteiger partial charge in [-0.3, -0.25) is 14.5 Å².